The van der Waals surface area contributed by atoms with Crippen LogP contribution in [0.15, 0.2) is 28.6 Å². The number of nitrogens with zero attached hydrogens (tertiary/aromatic N) is 3. The standard InChI is InChI=1S/C18H22FN3OS3/c1-11-5-4-6-12(2)21(11)16(23)13(3)25-17-20-22(18(24)26-17)15-9-7-14(19)8-10-15/h7-13H,4-6H2,1-3H3/t11-,12-,13-/m1/s1. The molecule has 0 spiro atoms. The van der Waals surface area contributed by atoms with Gasteiger partial charge >= 0.3 is 0 Å². The molecule has 1 fully saturated rings. The topological polar surface area (TPSA) is 38.1 Å². The summed E-state index contributed by atoms with van der Waals surface area (Å²) in [6.07, 6.45) is 3.30. The average Bonchev–Trinajstić information content (AvgIpc) is 2.95. The van der Waals surface area contributed by atoms with Gasteiger partial charge in [-0.1, -0.05) is 23.1 Å². The Morgan fingerprint density at radius 1 is 1.31 bits per heavy atom. The highest BCUT2D eigenvalue weighted by Gasteiger charge is 2.32. The van der Waals surface area contributed by atoms with Crippen LogP contribution in [0.2, 0.25) is 0 Å². The largest absolute Gasteiger partial charge is 0.336 e. The Kier molecular flexibility index (Phi) is 6.14. The Balaban J connectivity index is 1.74. The highest BCUT2D eigenvalue weighted by atomic mass is 32.2. The first-order valence-electron chi connectivity index (χ1n) is 8.71. The highest BCUT2D eigenvalue weighted by molar-refractivity contribution is 8.02. The lowest BCUT2D eigenvalue weighted by Gasteiger charge is -2.40. The van der Waals surface area contributed by atoms with E-state index in [9.17, 15) is 9.18 Å². The summed E-state index contributed by atoms with van der Waals surface area (Å²) in [6.45, 7) is 6.17. The molecule has 1 aromatic carbocycles. The lowest BCUT2D eigenvalue weighted by atomic mass is 9.97. The SMILES string of the molecule is C[C@@H]1CCC[C@@H](C)N1C(=O)[C@@H](C)Sc1nn(-c2ccc(F)cc2)c(=S)s1. The first-order chi connectivity index (χ1) is 12.4. The van der Waals surface area contributed by atoms with Crippen LogP contribution in [0.5, 0.6) is 0 Å². The molecule has 0 saturated carbocycles. The maximum atomic E-state index is 13.1. The number of benzene rings is 1. The second-order valence-electron chi connectivity index (χ2n) is 6.66. The lowest BCUT2D eigenvalue weighted by molar-refractivity contribution is -0.136. The van der Waals surface area contributed by atoms with Gasteiger partial charge in [0.1, 0.15) is 5.82 Å². The molecule has 0 radical (unpaired) electrons. The molecule has 1 aliphatic rings. The molecular formula is C18H22FN3OS3. The fourth-order valence-corrected chi connectivity index (χ4v) is 5.88. The molecule has 4 nitrogen and oxygen atoms in total. The van der Waals surface area contributed by atoms with E-state index < -0.39 is 0 Å². The molecule has 0 aliphatic carbocycles. The van der Waals surface area contributed by atoms with Crippen LogP contribution >= 0.6 is 35.3 Å². The Morgan fingerprint density at radius 2 is 1.92 bits per heavy atom. The summed E-state index contributed by atoms with van der Waals surface area (Å²) in [6, 6.07) is 6.62. The summed E-state index contributed by atoms with van der Waals surface area (Å²) in [5.74, 6) is -0.141. The molecule has 0 bridgehead atoms. The van der Waals surface area contributed by atoms with E-state index in [1.165, 1.54) is 41.7 Å². The maximum absolute atomic E-state index is 13.1. The number of likely N-dealkylation sites (tertiary alicyclic amines) is 1. The van der Waals surface area contributed by atoms with Crippen molar-refractivity contribution in [1.82, 2.24) is 14.7 Å². The summed E-state index contributed by atoms with van der Waals surface area (Å²) in [4.78, 5) is 15.0. The number of amides is 1. The number of carbonyl (C=O) groups is 1. The van der Waals surface area contributed by atoms with Gasteiger partial charge in [0.25, 0.3) is 0 Å². The first kappa shape index (κ1) is 19.5. The van der Waals surface area contributed by atoms with Gasteiger partial charge < -0.3 is 4.90 Å². The Bertz CT molecular complexity index is 823. The molecule has 2 aromatic rings. The zero-order chi connectivity index (χ0) is 18.8. The second kappa shape index (κ2) is 8.19. The number of hydrogen-bond acceptors (Lipinski definition) is 5. The zero-order valence-corrected chi connectivity index (χ0v) is 17.5. The third-order valence-electron chi connectivity index (χ3n) is 4.67. The van der Waals surface area contributed by atoms with Gasteiger partial charge in [-0.25, -0.2) is 9.07 Å². The van der Waals surface area contributed by atoms with E-state index in [2.05, 4.69) is 18.9 Å². The van der Waals surface area contributed by atoms with Gasteiger partial charge in [0.15, 0.2) is 8.29 Å². The molecule has 1 saturated heterocycles. The summed E-state index contributed by atoms with van der Waals surface area (Å²) in [7, 11) is 0. The van der Waals surface area contributed by atoms with E-state index in [-0.39, 0.29) is 29.1 Å². The van der Waals surface area contributed by atoms with Crippen molar-refractivity contribution in [2.24, 2.45) is 0 Å². The molecule has 140 valence electrons. The summed E-state index contributed by atoms with van der Waals surface area (Å²) in [5.41, 5.74) is 0.719. The van der Waals surface area contributed by atoms with Gasteiger partial charge in [-0.3, -0.25) is 4.79 Å². The molecule has 26 heavy (non-hydrogen) atoms. The van der Waals surface area contributed by atoms with E-state index in [1.807, 2.05) is 11.8 Å². The van der Waals surface area contributed by atoms with Crippen molar-refractivity contribution in [3.05, 3.63) is 34.0 Å². The van der Waals surface area contributed by atoms with Crippen LogP contribution in [0.25, 0.3) is 5.69 Å². The molecule has 8 heteroatoms. The molecule has 3 rings (SSSR count). The summed E-state index contributed by atoms with van der Waals surface area (Å²) >= 11 is 8.19. The van der Waals surface area contributed by atoms with Crippen molar-refractivity contribution in [3.63, 3.8) is 0 Å². The van der Waals surface area contributed by atoms with Gasteiger partial charge in [-0.2, -0.15) is 0 Å². The Labute approximate surface area is 166 Å². The van der Waals surface area contributed by atoms with E-state index >= 15 is 0 Å². The minimum absolute atomic E-state index is 0.157. The van der Waals surface area contributed by atoms with Gasteiger partial charge in [0, 0.05) is 12.1 Å². The van der Waals surface area contributed by atoms with Gasteiger partial charge in [0.05, 0.1) is 10.9 Å². The molecule has 3 atom stereocenters. The van der Waals surface area contributed by atoms with Crippen LogP contribution in [0, 0.1) is 9.77 Å². The number of rotatable bonds is 4. The van der Waals surface area contributed by atoms with Crippen LogP contribution in [0.3, 0.4) is 0 Å². The van der Waals surface area contributed by atoms with E-state index in [4.69, 9.17) is 12.2 Å². The van der Waals surface area contributed by atoms with Crippen molar-refractivity contribution in [2.45, 2.75) is 61.7 Å². The van der Waals surface area contributed by atoms with Crippen molar-refractivity contribution in [3.8, 4) is 5.69 Å². The number of aromatic nitrogens is 2. The zero-order valence-electron chi connectivity index (χ0n) is 15.0. The molecule has 1 aromatic heterocycles. The predicted octanol–water partition coefficient (Wildman–Crippen LogP) is 5.07. The second-order valence-corrected chi connectivity index (χ2v) is 9.87. The summed E-state index contributed by atoms with van der Waals surface area (Å²) < 4.78 is 16.1. The molecule has 1 amide bonds. The third-order valence-corrected chi connectivity index (χ3v) is 7.08. The fraction of sp³-hybridized carbons (Fsp3) is 0.500. The van der Waals surface area contributed by atoms with Crippen molar-refractivity contribution >= 4 is 41.2 Å². The van der Waals surface area contributed by atoms with Crippen molar-refractivity contribution < 1.29 is 9.18 Å². The van der Waals surface area contributed by atoms with Crippen LogP contribution < -0.4 is 0 Å². The van der Waals surface area contributed by atoms with E-state index in [0.717, 1.165) is 22.9 Å². The van der Waals surface area contributed by atoms with Crippen molar-refractivity contribution in [2.75, 3.05) is 0 Å². The minimum atomic E-state index is -0.297. The average molecular weight is 412 g/mol. The first-order valence-corrected chi connectivity index (χ1v) is 10.8. The van der Waals surface area contributed by atoms with E-state index in [0.29, 0.717) is 3.95 Å². The molecule has 0 N–H and O–H groups in total. The van der Waals surface area contributed by atoms with Crippen LogP contribution in [-0.4, -0.2) is 37.9 Å². The quantitative estimate of drug-likeness (QED) is 0.520. The number of piperidine rings is 1. The Morgan fingerprint density at radius 3 is 2.54 bits per heavy atom. The fourth-order valence-electron chi connectivity index (χ4n) is 3.32. The van der Waals surface area contributed by atoms with Crippen molar-refractivity contribution in [1.29, 1.82) is 0 Å². The molecule has 2 heterocycles. The smallest absolute Gasteiger partial charge is 0.236 e. The van der Waals surface area contributed by atoms with Gasteiger partial charge in [-0.15, -0.1) is 5.10 Å². The van der Waals surface area contributed by atoms with Crippen LogP contribution in [0.1, 0.15) is 40.0 Å². The molecule has 1 aliphatic heterocycles. The monoisotopic (exact) mass is 411 g/mol. The predicted molar refractivity (Wildman–Crippen MR) is 107 cm³/mol. The maximum Gasteiger partial charge on any atom is 0.236 e. The number of halogens is 1. The number of carbonyl (C=O) groups excluding carboxylic acids is 1. The highest BCUT2D eigenvalue weighted by Crippen LogP contribution is 2.31. The Hall–Kier alpha value is -1.25. The normalized spacial score (nSPS) is 21.6. The summed E-state index contributed by atoms with van der Waals surface area (Å²) in [5, 5.41) is 4.29. The van der Waals surface area contributed by atoms with Crippen LogP contribution in [0.4, 0.5) is 4.39 Å². The number of thioether (sulfide) groups is 1. The van der Waals surface area contributed by atoms with Gasteiger partial charge in [-0.05, 0) is 76.5 Å². The lowest BCUT2D eigenvalue weighted by Crippen LogP contribution is -2.50. The third kappa shape index (κ3) is 4.18. The molecule has 0 unspecified atom stereocenters. The van der Waals surface area contributed by atoms with Crippen LogP contribution in [-0.2, 0) is 4.79 Å². The van der Waals surface area contributed by atoms with E-state index in [1.54, 1.807) is 16.8 Å². The van der Waals surface area contributed by atoms with Gasteiger partial charge in [0.2, 0.25) is 5.91 Å². The molecular weight excluding hydrogens is 389 g/mol. The minimum Gasteiger partial charge on any atom is -0.336 e. The number of hydrogen-bond donors (Lipinski definition) is 0.